The summed E-state index contributed by atoms with van der Waals surface area (Å²) in [6.45, 7) is 2.49. The van der Waals surface area contributed by atoms with Crippen molar-refractivity contribution in [3.63, 3.8) is 0 Å². The standard InChI is InChI=1S/C24H21FN6O2.ClH/c25-20-6-5-19(17-3-1-2-4-18(17)20)22-29-21(23(32)33-22)15-30-11-13-31(14-12-30)24(26)28-16-7-9-27-10-8-16;/h1-10,15H,11-14H2,(H2,26,27,28);1H. The van der Waals surface area contributed by atoms with E-state index in [0.717, 1.165) is 5.69 Å². The Hall–Kier alpha value is -3.98. The van der Waals surface area contributed by atoms with Crippen LogP contribution in [-0.4, -0.2) is 58.8 Å². The number of nitrogens with one attached hydrogen (secondary N) is 2. The van der Waals surface area contributed by atoms with E-state index in [-0.39, 0.29) is 29.8 Å². The number of ether oxygens (including phenoxy) is 1. The van der Waals surface area contributed by atoms with E-state index in [1.165, 1.54) is 6.07 Å². The minimum absolute atomic E-state index is 0. The van der Waals surface area contributed by atoms with Crippen molar-refractivity contribution in [3.05, 3.63) is 84.2 Å². The monoisotopic (exact) mass is 480 g/mol. The van der Waals surface area contributed by atoms with Gasteiger partial charge in [0.15, 0.2) is 11.7 Å². The predicted octanol–water partition coefficient (Wildman–Crippen LogP) is 3.60. The Morgan fingerprint density at radius 3 is 2.47 bits per heavy atom. The number of cyclic esters (lactones) is 1. The molecule has 0 atom stereocenters. The fraction of sp³-hybridized carbons (Fsp3) is 0.167. The van der Waals surface area contributed by atoms with E-state index in [0.29, 0.717) is 48.5 Å². The van der Waals surface area contributed by atoms with Crippen LogP contribution in [0.25, 0.3) is 10.8 Å². The number of hydrogen-bond donors (Lipinski definition) is 2. The lowest BCUT2D eigenvalue weighted by Gasteiger charge is -2.35. The maximum absolute atomic E-state index is 14.1. The van der Waals surface area contributed by atoms with E-state index in [1.54, 1.807) is 61.1 Å². The number of piperazine rings is 1. The van der Waals surface area contributed by atoms with Crippen molar-refractivity contribution in [2.75, 3.05) is 31.5 Å². The third kappa shape index (κ3) is 4.69. The molecule has 2 aliphatic heterocycles. The number of halogens is 2. The summed E-state index contributed by atoms with van der Waals surface area (Å²) < 4.78 is 19.5. The Labute approximate surface area is 201 Å². The van der Waals surface area contributed by atoms with Crippen molar-refractivity contribution in [2.24, 2.45) is 4.99 Å². The van der Waals surface area contributed by atoms with E-state index >= 15 is 0 Å². The van der Waals surface area contributed by atoms with Gasteiger partial charge in [-0.25, -0.2) is 14.2 Å². The normalized spacial score (nSPS) is 16.8. The molecule has 10 heteroatoms. The van der Waals surface area contributed by atoms with Gasteiger partial charge in [-0.3, -0.25) is 10.4 Å². The first-order chi connectivity index (χ1) is 16.1. The van der Waals surface area contributed by atoms with Crippen LogP contribution in [0.4, 0.5) is 10.1 Å². The largest absolute Gasteiger partial charge is 0.402 e. The van der Waals surface area contributed by atoms with Crippen molar-refractivity contribution in [1.82, 2.24) is 14.8 Å². The summed E-state index contributed by atoms with van der Waals surface area (Å²) in [5.41, 5.74) is 1.59. The average Bonchev–Trinajstić information content (AvgIpc) is 3.20. The molecule has 8 nitrogen and oxygen atoms in total. The molecular formula is C24H22ClFN6O2. The molecule has 2 aliphatic rings. The van der Waals surface area contributed by atoms with Crippen LogP contribution in [-0.2, 0) is 9.53 Å². The number of aliphatic imine (C=N–C) groups is 1. The summed E-state index contributed by atoms with van der Waals surface area (Å²) in [4.78, 5) is 24.7. The van der Waals surface area contributed by atoms with Crippen molar-refractivity contribution in [3.8, 4) is 0 Å². The number of benzene rings is 2. The van der Waals surface area contributed by atoms with Gasteiger partial charge in [0.25, 0.3) is 0 Å². The Kier molecular flexibility index (Phi) is 6.74. The first-order valence-corrected chi connectivity index (χ1v) is 10.5. The van der Waals surface area contributed by atoms with Crippen molar-refractivity contribution < 1.29 is 13.9 Å². The van der Waals surface area contributed by atoms with Crippen molar-refractivity contribution in [2.45, 2.75) is 0 Å². The highest BCUT2D eigenvalue weighted by Crippen LogP contribution is 2.26. The molecule has 2 N–H and O–H groups in total. The number of fused-ring (bicyclic) bond motifs is 1. The Morgan fingerprint density at radius 2 is 1.74 bits per heavy atom. The van der Waals surface area contributed by atoms with Crippen molar-refractivity contribution >= 4 is 46.7 Å². The highest BCUT2D eigenvalue weighted by molar-refractivity contribution is 6.16. The molecule has 1 aromatic heterocycles. The summed E-state index contributed by atoms with van der Waals surface area (Å²) in [5.74, 6) is -0.383. The molecular weight excluding hydrogens is 459 g/mol. The molecule has 0 unspecified atom stereocenters. The van der Waals surface area contributed by atoms with E-state index in [4.69, 9.17) is 10.1 Å². The van der Waals surface area contributed by atoms with Crippen LogP contribution in [0.1, 0.15) is 5.56 Å². The van der Waals surface area contributed by atoms with Gasteiger partial charge in [0.05, 0.1) is 0 Å². The number of nitrogens with zero attached hydrogens (tertiary/aromatic N) is 4. The maximum atomic E-state index is 14.1. The van der Waals surface area contributed by atoms with Gasteiger partial charge in [0.2, 0.25) is 5.90 Å². The van der Waals surface area contributed by atoms with E-state index in [2.05, 4.69) is 15.3 Å². The molecule has 34 heavy (non-hydrogen) atoms. The first-order valence-electron chi connectivity index (χ1n) is 10.5. The number of aromatic nitrogens is 1. The lowest BCUT2D eigenvalue weighted by Crippen LogP contribution is -2.48. The number of pyridine rings is 1. The molecule has 0 amide bonds. The minimum atomic E-state index is -0.534. The van der Waals surface area contributed by atoms with Crippen LogP contribution in [0.15, 0.2) is 77.8 Å². The molecule has 1 fully saturated rings. The van der Waals surface area contributed by atoms with Crippen LogP contribution in [0.2, 0.25) is 0 Å². The highest BCUT2D eigenvalue weighted by atomic mass is 35.5. The summed E-state index contributed by atoms with van der Waals surface area (Å²) in [5, 5.41) is 12.4. The molecule has 3 aromatic rings. The summed E-state index contributed by atoms with van der Waals surface area (Å²) in [6.07, 6.45) is 5.03. The molecule has 0 bridgehead atoms. The second-order valence-electron chi connectivity index (χ2n) is 7.69. The summed E-state index contributed by atoms with van der Waals surface area (Å²) in [7, 11) is 0. The van der Waals surface area contributed by atoms with Crippen molar-refractivity contribution in [1.29, 1.82) is 5.41 Å². The SMILES string of the molecule is Cl.N=C(Nc1ccncc1)N1CCN(C=C2N=C(c3ccc(F)c4ccccc34)OC2=O)CC1. The highest BCUT2D eigenvalue weighted by Gasteiger charge is 2.27. The van der Waals surface area contributed by atoms with Gasteiger partial charge in [-0.2, -0.15) is 0 Å². The predicted molar refractivity (Wildman–Crippen MR) is 131 cm³/mol. The zero-order valence-corrected chi connectivity index (χ0v) is 18.9. The van der Waals surface area contributed by atoms with Gasteiger partial charge in [0.1, 0.15) is 5.82 Å². The zero-order valence-electron chi connectivity index (χ0n) is 18.1. The van der Waals surface area contributed by atoms with E-state index in [9.17, 15) is 9.18 Å². The van der Waals surface area contributed by atoms with Gasteiger partial charge in [0, 0.05) is 61.4 Å². The number of carbonyl (C=O) groups is 1. The number of hydrogen-bond acceptors (Lipinski definition) is 6. The fourth-order valence-corrected chi connectivity index (χ4v) is 3.86. The molecule has 1 saturated heterocycles. The molecule has 5 rings (SSSR count). The van der Waals surface area contributed by atoms with Gasteiger partial charge in [-0.1, -0.05) is 24.3 Å². The third-order valence-electron chi connectivity index (χ3n) is 5.60. The van der Waals surface area contributed by atoms with Gasteiger partial charge in [-0.15, -0.1) is 12.4 Å². The number of rotatable bonds is 3. The van der Waals surface area contributed by atoms with Gasteiger partial charge < -0.3 is 19.9 Å². The molecule has 0 spiro atoms. The van der Waals surface area contributed by atoms with Crippen LogP contribution in [0.3, 0.4) is 0 Å². The van der Waals surface area contributed by atoms with Gasteiger partial charge in [-0.05, 0) is 29.7 Å². The fourth-order valence-electron chi connectivity index (χ4n) is 3.86. The molecule has 0 radical (unpaired) electrons. The van der Waals surface area contributed by atoms with Crippen LogP contribution >= 0.6 is 12.4 Å². The van der Waals surface area contributed by atoms with Crippen LogP contribution < -0.4 is 5.32 Å². The van der Waals surface area contributed by atoms with Gasteiger partial charge >= 0.3 is 5.97 Å². The molecule has 0 aliphatic carbocycles. The zero-order chi connectivity index (χ0) is 22.8. The molecule has 0 saturated carbocycles. The van der Waals surface area contributed by atoms with E-state index < -0.39 is 5.97 Å². The van der Waals surface area contributed by atoms with E-state index in [1.807, 2.05) is 9.80 Å². The third-order valence-corrected chi connectivity index (χ3v) is 5.60. The average molecular weight is 481 g/mol. The smallest absolute Gasteiger partial charge is 0.365 e. The Bertz CT molecular complexity index is 1290. The lowest BCUT2D eigenvalue weighted by atomic mass is 10.0. The second kappa shape index (κ2) is 9.88. The topological polar surface area (TPSA) is 93.9 Å². The number of carbonyl (C=O) groups excluding carboxylic acids is 1. The molecule has 3 heterocycles. The quantitative estimate of drug-likeness (QED) is 0.257. The second-order valence-corrected chi connectivity index (χ2v) is 7.69. The summed E-state index contributed by atoms with van der Waals surface area (Å²) >= 11 is 0. The summed E-state index contributed by atoms with van der Waals surface area (Å²) in [6, 6.07) is 13.6. The Balaban J connectivity index is 0.00000274. The first kappa shape index (κ1) is 23.2. The number of anilines is 1. The minimum Gasteiger partial charge on any atom is -0.402 e. The number of esters is 1. The number of guanidine groups is 1. The Morgan fingerprint density at radius 1 is 1.03 bits per heavy atom. The van der Waals surface area contributed by atoms with Crippen LogP contribution in [0.5, 0.6) is 0 Å². The lowest BCUT2D eigenvalue weighted by molar-refractivity contribution is -0.130. The molecule has 174 valence electrons. The van der Waals surface area contributed by atoms with Crippen LogP contribution in [0, 0.1) is 11.2 Å². The maximum Gasteiger partial charge on any atom is 0.365 e. The molecule has 2 aromatic carbocycles.